The van der Waals surface area contributed by atoms with E-state index in [1.54, 1.807) is 24.3 Å². The molecule has 1 aliphatic rings. The molecule has 1 saturated heterocycles. The topological polar surface area (TPSA) is 90.7 Å². The van der Waals surface area contributed by atoms with E-state index < -0.39 is 5.91 Å². The third kappa shape index (κ3) is 4.48. The molecule has 0 unspecified atom stereocenters. The molecule has 6 nitrogen and oxygen atoms in total. The third-order valence-corrected chi connectivity index (χ3v) is 5.68. The number of hydrogen-bond donors (Lipinski definition) is 2. The molecule has 2 aromatic rings. The molecule has 1 aliphatic heterocycles. The van der Waals surface area contributed by atoms with Gasteiger partial charge in [0.15, 0.2) is 0 Å². The summed E-state index contributed by atoms with van der Waals surface area (Å²) in [7, 11) is 0. The van der Waals surface area contributed by atoms with Crippen molar-refractivity contribution in [2.75, 3.05) is 18.5 Å². The Bertz CT molecular complexity index is 823. The van der Waals surface area contributed by atoms with Gasteiger partial charge in [-0.05, 0) is 56.0 Å². The lowest BCUT2D eigenvalue weighted by Crippen LogP contribution is -2.18. The maximum atomic E-state index is 12.6. The molecule has 0 radical (unpaired) electrons. The van der Waals surface area contributed by atoms with Crippen molar-refractivity contribution in [1.82, 2.24) is 0 Å². The highest BCUT2D eigenvalue weighted by Gasteiger charge is 2.21. The minimum absolute atomic E-state index is 0.148. The fraction of sp³-hybridized carbons (Fsp3) is 0.400. The van der Waals surface area contributed by atoms with Crippen LogP contribution in [-0.4, -0.2) is 31.1 Å². The average Bonchev–Trinajstić information content (AvgIpc) is 3.27. The highest BCUT2D eigenvalue weighted by Crippen LogP contribution is 2.33. The molecule has 1 atom stereocenters. The molecule has 1 fully saturated rings. The van der Waals surface area contributed by atoms with Gasteiger partial charge in [-0.2, -0.15) is 0 Å². The number of anilines is 1. The molecule has 3 rings (SSSR count). The van der Waals surface area contributed by atoms with Crippen molar-refractivity contribution in [3.63, 3.8) is 0 Å². The average molecular weight is 388 g/mol. The van der Waals surface area contributed by atoms with Crippen LogP contribution in [0, 0.1) is 6.92 Å². The van der Waals surface area contributed by atoms with Gasteiger partial charge >= 0.3 is 0 Å². The molecule has 1 aromatic heterocycles. The molecule has 2 amide bonds. The molecule has 0 spiro atoms. The van der Waals surface area contributed by atoms with Gasteiger partial charge in [-0.1, -0.05) is 6.92 Å². The van der Waals surface area contributed by atoms with Crippen molar-refractivity contribution in [2.45, 2.75) is 39.2 Å². The second-order valence-corrected chi connectivity index (χ2v) is 7.71. The molecule has 0 saturated carbocycles. The number of benzene rings is 1. The fourth-order valence-corrected chi connectivity index (χ4v) is 4.34. The summed E-state index contributed by atoms with van der Waals surface area (Å²) in [5, 5.41) is 3.32. The molecule has 144 valence electrons. The van der Waals surface area contributed by atoms with E-state index in [4.69, 9.17) is 15.2 Å². The van der Waals surface area contributed by atoms with Crippen molar-refractivity contribution in [1.29, 1.82) is 0 Å². The summed E-state index contributed by atoms with van der Waals surface area (Å²) in [5.74, 6) is -0.114. The normalized spacial score (nSPS) is 16.3. The number of aryl methyl sites for hydroxylation is 1. The van der Waals surface area contributed by atoms with E-state index in [9.17, 15) is 9.59 Å². The Morgan fingerprint density at radius 1 is 1.33 bits per heavy atom. The maximum absolute atomic E-state index is 12.6. The van der Waals surface area contributed by atoms with Crippen molar-refractivity contribution in [3.05, 3.63) is 45.8 Å². The van der Waals surface area contributed by atoms with Crippen LogP contribution in [0.3, 0.4) is 0 Å². The summed E-state index contributed by atoms with van der Waals surface area (Å²) >= 11 is 1.37. The van der Waals surface area contributed by atoms with Gasteiger partial charge in [0.25, 0.3) is 11.8 Å². The largest absolute Gasteiger partial charge is 0.491 e. The number of carbonyl (C=O) groups excluding carboxylic acids is 2. The zero-order valence-corrected chi connectivity index (χ0v) is 16.4. The smallest absolute Gasteiger partial charge is 0.256 e. The van der Waals surface area contributed by atoms with E-state index in [2.05, 4.69) is 5.32 Å². The Morgan fingerprint density at radius 2 is 2.07 bits per heavy atom. The van der Waals surface area contributed by atoms with Crippen molar-refractivity contribution < 1.29 is 19.1 Å². The predicted octanol–water partition coefficient (Wildman–Crippen LogP) is 3.53. The van der Waals surface area contributed by atoms with Crippen LogP contribution in [0.2, 0.25) is 0 Å². The standard InChI is InChI=1S/C20H24N2O4S/c1-3-16-12(2)27-20(17(16)18(21)23)22-19(24)13-6-8-14(9-7-13)26-11-15-5-4-10-25-15/h6-9,15H,3-5,10-11H2,1-2H3,(H2,21,23)(H,22,24)/t15-/m1/s1. The molecule has 3 N–H and O–H groups in total. The molecule has 0 bridgehead atoms. The molecular weight excluding hydrogens is 364 g/mol. The lowest BCUT2D eigenvalue weighted by molar-refractivity contribution is 0.0679. The Hall–Kier alpha value is -2.38. The molecule has 7 heteroatoms. The first-order chi connectivity index (χ1) is 13.0. The molecule has 27 heavy (non-hydrogen) atoms. The van der Waals surface area contributed by atoms with Crippen LogP contribution >= 0.6 is 11.3 Å². The van der Waals surface area contributed by atoms with Crippen molar-refractivity contribution in [2.24, 2.45) is 5.73 Å². The number of rotatable bonds is 7. The first kappa shape index (κ1) is 19.4. The second kappa shape index (κ2) is 8.54. The van der Waals surface area contributed by atoms with Gasteiger partial charge in [-0.25, -0.2) is 0 Å². The Balaban J connectivity index is 1.67. The maximum Gasteiger partial charge on any atom is 0.256 e. The van der Waals surface area contributed by atoms with Crippen molar-refractivity contribution in [3.8, 4) is 5.75 Å². The summed E-state index contributed by atoms with van der Waals surface area (Å²) in [6.45, 7) is 5.19. The van der Waals surface area contributed by atoms with Crippen LogP contribution in [0.15, 0.2) is 24.3 Å². The molecule has 0 aliphatic carbocycles. The quantitative estimate of drug-likeness (QED) is 0.759. The van der Waals surface area contributed by atoms with Gasteiger partial charge in [0.2, 0.25) is 0 Å². The van der Waals surface area contributed by atoms with Gasteiger partial charge in [-0.15, -0.1) is 11.3 Å². The summed E-state index contributed by atoms with van der Waals surface area (Å²) < 4.78 is 11.2. The lowest BCUT2D eigenvalue weighted by atomic mass is 10.1. The molecule has 1 aromatic carbocycles. The third-order valence-electron chi connectivity index (χ3n) is 4.61. The van der Waals surface area contributed by atoms with Crippen LogP contribution in [0.25, 0.3) is 0 Å². The van der Waals surface area contributed by atoms with Gasteiger partial charge in [0.1, 0.15) is 17.4 Å². The highest BCUT2D eigenvalue weighted by atomic mass is 32.1. The van der Waals surface area contributed by atoms with Crippen LogP contribution < -0.4 is 15.8 Å². The Morgan fingerprint density at radius 3 is 2.67 bits per heavy atom. The van der Waals surface area contributed by atoms with E-state index in [1.807, 2.05) is 13.8 Å². The summed E-state index contributed by atoms with van der Waals surface area (Å²) in [6.07, 6.45) is 2.92. The first-order valence-corrected chi connectivity index (χ1v) is 9.89. The highest BCUT2D eigenvalue weighted by molar-refractivity contribution is 7.16. The number of nitrogens with one attached hydrogen (secondary N) is 1. The van der Waals surface area contributed by atoms with E-state index >= 15 is 0 Å². The second-order valence-electron chi connectivity index (χ2n) is 6.48. The van der Waals surface area contributed by atoms with Crippen LogP contribution in [0.1, 0.15) is 50.9 Å². The minimum atomic E-state index is -0.524. The lowest BCUT2D eigenvalue weighted by Gasteiger charge is -2.11. The number of nitrogens with two attached hydrogens (primary N) is 1. The van der Waals surface area contributed by atoms with Gasteiger partial charge in [0, 0.05) is 17.0 Å². The number of carbonyl (C=O) groups is 2. The van der Waals surface area contributed by atoms with Gasteiger partial charge in [-0.3, -0.25) is 9.59 Å². The van der Waals surface area contributed by atoms with Crippen LogP contribution in [0.4, 0.5) is 5.00 Å². The molecule has 2 heterocycles. The summed E-state index contributed by atoms with van der Waals surface area (Å²) in [5.41, 5.74) is 7.30. The fourth-order valence-electron chi connectivity index (χ4n) is 3.20. The number of primary amides is 1. The number of amides is 2. The van der Waals surface area contributed by atoms with E-state index in [0.29, 0.717) is 34.9 Å². The van der Waals surface area contributed by atoms with Crippen molar-refractivity contribution >= 4 is 28.2 Å². The zero-order valence-electron chi connectivity index (χ0n) is 15.5. The monoisotopic (exact) mass is 388 g/mol. The van der Waals surface area contributed by atoms with Gasteiger partial charge < -0.3 is 20.5 Å². The van der Waals surface area contributed by atoms with Crippen LogP contribution in [0.5, 0.6) is 5.75 Å². The summed E-state index contributed by atoms with van der Waals surface area (Å²) in [6, 6.07) is 6.92. The zero-order chi connectivity index (χ0) is 19.4. The van der Waals surface area contributed by atoms with E-state index in [1.165, 1.54) is 11.3 Å². The Kier molecular flexibility index (Phi) is 6.13. The van der Waals surface area contributed by atoms with Crippen LogP contribution in [-0.2, 0) is 11.2 Å². The number of ether oxygens (including phenoxy) is 2. The Labute approximate surface area is 162 Å². The first-order valence-electron chi connectivity index (χ1n) is 9.07. The minimum Gasteiger partial charge on any atom is -0.491 e. The SMILES string of the molecule is CCc1c(C)sc(NC(=O)c2ccc(OC[C@H]3CCCO3)cc2)c1C(N)=O. The number of hydrogen-bond acceptors (Lipinski definition) is 5. The predicted molar refractivity (Wildman–Crippen MR) is 106 cm³/mol. The van der Waals surface area contributed by atoms with E-state index in [-0.39, 0.29) is 12.0 Å². The molecular formula is C20H24N2O4S. The van der Waals surface area contributed by atoms with Gasteiger partial charge in [0.05, 0.1) is 11.7 Å². The summed E-state index contributed by atoms with van der Waals surface area (Å²) in [4.78, 5) is 25.4. The number of thiophene rings is 1. The van der Waals surface area contributed by atoms with E-state index in [0.717, 1.165) is 29.9 Å².